The Balaban J connectivity index is 1.71. The third-order valence-electron chi connectivity index (χ3n) is 3.33. The lowest BCUT2D eigenvalue weighted by molar-refractivity contribution is -0.673. The summed E-state index contributed by atoms with van der Waals surface area (Å²) in [6.45, 7) is 2.16. The second kappa shape index (κ2) is 5.63. The molecule has 2 atom stereocenters. The van der Waals surface area contributed by atoms with Gasteiger partial charge in [-0.3, -0.25) is 0 Å². The summed E-state index contributed by atoms with van der Waals surface area (Å²) in [5, 5.41) is 9.73. The fourth-order valence-electron chi connectivity index (χ4n) is 2.23. The molecule has 0 bridgehead atoms. The van der Waals surface area contributed by atoms with Crippen LogP contribution >= 0.6 is 0 Å². The minimum Gasteiger partial charge on any atom is -0.336 e. The van der Waals surface area contributed by atoms with E-state index in [9.17, 15) is 13.5 Å². The normalized spacial score (nSPS) is 35.9. The number of hydrogen-bond acceptors (Lipinski definition) is 7. The lowest BCUT2D eigenvalue weighted by Gasteiger charge is -2.42. The van der Waals surface area contributed by atoms with Crippen molar-refractivity contribution >= 4 is 10.4 Å². The molecular weight excluding hydrogens is 276 g/mol. The summed E-state index contributed by atoms with van der Waals surface area (Å²) >= 11 is 0. The van der Waals surface area contributed by atoms with Crippen molar-refractivity contribution in [3.63, 3.8) is 0 Å². The first kappa shape index (κ1) is 15.1. The molecule has 2 unspecified atom stereocenters. The Morgan fingerprint density at radius 1 is 0.947 bits per heavy atom. The van der Waals surface area contributed by atoms with Crippen LogP contribution in [0.2, 0.25) is 0 Å². The highest BCUT2D eigenvalue weighted by Crippen LogP contribution is 2.51. The summed E-state index contributed by atoms with van der Waals surface area (Å²) in [5.41, 5.74) is 0. The Morgan fingerprint density at radius 2 is 1.58 bits per heavy atom. The Labute approximate surface area is 113 Å². The van der Waals surface area contributed by atoms with Crippen molar-refractivity contribution in [2.24, 2.45) is 0 Å². The summed E-state index contributed by atoms with van der Waals surface area (Å²) in [4.78, 5) is 8.97. The molecule has 1 N–H and O–H groups in total. The highest BCUT2D eigenvalue weighted by atomic mass is 32.3. The van der Waals surface area contributed by atoms with Crippen molar-refractivity contribution < 1.29 is 31.7 Å². The van der Waals surface area contributed by atoms with Crippen LogP contribution in [0.4, 0.5) is 0 Å². The summed E-state index contributed by atoms with van der Waals surface area (Å²) in [6.07, 6.45) is 7.63. The monoisotopic (exact) mass is 296 g/mol. The Hall–Kier alpha value is -0.250. The SMILES string of the molecule is CCCCCCCCCC12OOC1(O)OS(=O)(=O)O2. The fraction of sp³-hybridized carbons (Fsp3) is 1.00. The maximum absolute atomic E-state index is 11.1. The molecule has 0 radical (unpaired) electrons. The summed E-state index contributed by atoms with van der Waals surface area (Å²) < 4.78 is 31.2. The van der Waals surface area contributed by atoms with Gasteiger partial charge in [-0.2, -0.15) is 22.4 Å². The van der Waals surface area contributed by atoms with Gasteiger partial charge in [0, 0.05) is 6.42 Å². The van der Waals surface area contributed by atoms with Gasteiger partial charge in [0.1, 0.15) is 0 Å². The van der Waals surface area contributed by atoms with Gasteiger partial charge in [-0.1, -0.05) is 45.4 Å². The van der Waals surface area contributed by atoms with Gasteiger partial charge in [-0.05, 0) is 6.42 Å². The van der Waals surface area contributed by atoms with E-state index in [1.54, 1.807) is 0 Å². The largest absolute Gasteiger partial charge is 0.407 e. The number of aliphatic hydroxyl groups is 1. The van der Waals surface area contributed by atoms with E-state index in [0.29, 0.717) is 6.42 Å². The summed E-state index contributed by atoms with van der Waals surface area (Å²) in [7, 11) is -4.25. The first-order valence-corrected chi connectivity index (χ1v) is 8.02. The Bertz CT molecular complexity index is 409. The van der Waals surface area contributed by atoms with Crippen LogP contribution in [0.1, 0.15) is 58.3 Å². The molecule has 2 fully saturated rings. The van der Waals surface area contributed by atoms with E-state index in [1.165, 1.54) is 19.3 Å². The van der Waals surface area contributed by atoms with E-state index in [4.69, 9.17) is 0 Å². The molecule has 0 saturated carbocycles. The Kier molecular flexibility index (Phi) is 4.49. The van der Waals surface area contributed by atoms with Gasteiger partial charge in [0.05, 0.1) is 0 Å². The molecule has 19 heavy (non-hydrogen) atoms. The lowest BCUT2D eigenvalue weighted by Crippen LogP contribution is -2.65. The van der Waals surface area contributed by atoms with Gasteiger partial charge in [-0.15, -0.1) is 0 Å². The molecule has 0 aliphatic carbocycles. The zero-order valence-electron chi connectivity index (χ0n) is 11.0. The molecule has 8 heteroatoms. The fourth-order valence-corrected chi connectivity index (χ4v) is 3.24. The second-order valence-electron chi connectivity index (χ2n) is 4.95. The van der Waals surface area contributed by atoms with Crippen molar-refractivity contribution in [3.05, 3.63) is 0 Å². The smallest absolute Gasteiger partial charge is 0.336 e. The molecule has 2 aliphatic heterocycles. The van der Waals surface area contributed by atoms with Gasteiger partial charge in [0.25, 0.3) is 0 Å². The number of unbranched alkanes of at least 4 members (excludes halogenated alkanes) is 6. The van der Waals surface area contributed by atoms with Crippen LogP contribution in [0.15, 0.2) is 0 Å². The average Bonchev–Trinajstić information content (AvgIpc) is 2.46. The molecule has 2 heterocycles. The topological polar surface area (TPSA) is 91.3 Å². The van der Waals surface area contributed by atoms with E-state index in [2.05, 4.69) is 25.1 Å². The molecule has 0 aromatic heterocycles. The van der Waals surface area contributed by atoms with Crippen LogP contribution in [0, 0.1) is 0 Å². The van der Waals surface area contributed by atoms with Gasteiger partial charge in [0.15, 0.2) is 0 Å². The third kappa shape index (κ3) is 3.09. The highest BCUT2D eigenvalue weighted by Gasteiger charge is 2.76. The second-order valence-corrected chi connectivity index (χ2v) is 6.10. The zero-order valence-corrected chi connectivity index (χ0v) is 11.8. The molecule has 112 valence electrons. The first-order valence-electron chi connectivity index (χ1n) is 6.68. The molecular formula is C11H20O7S. The molecule has 0 amide bonds. The maximum atomic E-state index is 11.1. The van der Waals surface area contributed by atoms with E-state index >= 15 is 0 Å². The van der Waals surface area contributed by atoms with E-state index in [-0.39, 0.29) is 6.42 Å². The molecule has 0 aromatic rings. The molecule has 0 spiro atoms. The van der Waals surface area contributed by atoms with Crippen LogP contribution in [-0.2, 0) is 28.5 Å². The lowest BCUT2D eigenvalue weighted by atomic mass is 10.0. The predicted octanol–water partition coefficient (Wildman–Crippen LogP) is 1.72. The van der Waals surface area contributed by atoms with Crippen molar-refractivity contribution in [3.8, 4) is 0 Å². The van der Waals surface area contributed by atoms with Crippen molar-refractivity contribution in [2.75, 3.05) is 0 Å². The quantitative estimate of drug-likeness (QED) is 0.538. The van der Waals surface area contributed by atoms with E-state index < -0.39 is 22.2 Å². The van der Waals surface area contributed by atoms with Gasteiger partial charge in [0.2, 0.25) is 0 Å². The molecule has 7 nitrogen and oxygen atoms in total. The summed E-state index contributed by atoms with van der Waals surface area (Å²) in [6, 6.07) is 0. The third-order valence-corrected chi connectivity index (χ3v) is 4.24. The van der Waals surface area contributed by atoms with Gasteiger partial charge >= 0.3 is 22.2 Å². The van der Waals surface area contributed by atoms with E-state index in [0.717, 1.165) is 19.3 Å². The Morgan fingerprint density at radius 3 is 2.11 bits per heavy atom. The van der Waals surface area contributed by atoms with Crippen molar-refractivity contribution in [2.45, 2.75) is 70.1 Å². The minimum atomic E-state index is -4.25. The van der Waals surface area contributed by atoms with Crippen molar-refractivity contribution in [1.29, 1.82) is 0 Å². The van der Waals surface area contributed by atoms with Crippen LogP contribution in [0.5, 0.6) is 0 Å². The number of rotatable bonds is 8. The maximum Gasteiger partial charge on any atom is 0.407 e. The molecule has 2 rings (SSSR count). The predicted molar refractivity (Wildman–Crippen MR) is 63.6 cm³/mol. The van der Waals surface area contributed by atoms with Crippen molar-refractivity contribution in [1.82, 2.24) is 0 Å². The summed E-state index contributed by atoms with van der Waals surface area (Å²) in [5.74, 6) is -4.05. The molecule has 2 aliphatic rings. The molecule has 0 aromatic carbocycles. The average molecular weight is 296 g/mol. The van der Waals surface area contributed by atoms with Crippen LogP contribution in [0.25, 0.3) is 0 Å². The zero-order chi connectivity index (χ0) is 14.0. The minimum absolute atomic E-state index is 0.205. The van der Waals surface area contributed by atoms with Gasteiger partial charge in [-0.25, -0.2) is 4.18 Å². The first-order chi connectivity index (χ1) is 8.93. The van der Waals surface area contributed by atoms with E-state index in [1.807, 2.05) is 0 Å². The molecule has 2 saturated heterocycles. The van der Waals surface area contributed by atoms with Crippen LogP contribution < -0.4 is 0 Å². The highest BCUT2D eigenvalue weighted by molar-refractivity contribution is 7.82. The van der Waals surface area contributed by atoms with Crippen LogP contribution in [0.3, 0.4) is 0 Å². The van der Waals surface area contributed by atoms with Gasteiger partial charge < -0.3 is 5.11 Å². The number of fused-ring (bicyclic) bond motifs is 1. The standard InChI is InChI=1S/C11H20O7S/c1-2-3-4-5-6-7-8-9-10-11(12,16-15-10)18-19(13,14)17-10/h12H,2-9H2,1H3. The van der Waals surface area contributed by atoms with Crippen LogP contribution in [-0.4, -0.2) is 25.3 Å². The number of hydrogen-bond donors (Lipinski definition) is 1.